The average Bonchev–Trinajstić information content (AvgIpc) is 3.13. The fourth-order valence-corrected chi connectivity index (χ4v) is 6.91. The summed E-state index contributed by atoms with van der Waals surface area (Å²) in [5.41, 5.74) is 3.57. The third-order valence-electron chi connectivity index (χ3n) is 6.10. The minimum atomic E-state index is -0.824. The fraction of sp³-hybridized carbons (Fsp3) is 0.107. The van der Waals surface area contributed by atoms with Gasteiger partial charge in [-0.3, -0.25) is 14.9 Å². The van der Waals surface area contributed by atoms with E-state index in [1.165, 1.54) is 28.0 Å². The molecule has 162 valence electrons. The summed E-state index contributed by atoms with van der Waals surface area (Å²) >= 11 is 0. The van der Waals surface area contributed by atoms with E-state index in [4.69, 9.17) is 0 Å². The first-order valence-electron chi connectivity index (χ1n) is 10.9. The Morgan fingerprint density at radius 2 is 1.39 bits per heavy atom. The van der Waals surface area contributed by atoms with Crippen LogP contribution < -0.4 is 15.9 Å². The molecule has 0 spiro atoms. The van der Waals surface area contributed by atoms with Crippen LogP contribution in [0.3, 0.4) is 0 Å². The monoisotopic (exact) mass is 451 g/mol. The number of carbonyl (C=O) groups is 1. The van der Waals surface area contributed by atoms with Crippen LogP contribution >= 0.6 is 7.92 Å². The standard InChI is InChI=1S/C28H22NO3P/c1-19-16-21-17-25(33(23-8-4-2-5-9-23)24-10-6-3-7-11-24)18-26(27(21)28(19)30)20-12-14-22(15-13-20)29(31)32/h2-15,17-19H,16H2,1H3. The molecule has 1 aliphatic carbocycles. The van der Waals surface area contributed by atoms with Crippen molar-refractivity contribution in [3.63, 3.8) is 0 Å². The van der Waals surface area contributed by atoms with E-state index in [0.717, 1.165) is 28.7 Å². The lowest BCUT2D eigenvalue weighted by molar-refractivity contribution is -0.384. The molecule has 0 fully saturated rings. The summed E-state index contributed by atoms with van der Waals surface area (Å²) in [5, 5.41) is 14.8. The Bertz CT molecular complexity index is 1300. The van der Waals surface area contributed by atoms with Crippen LogP contribution in [0.5, 0.6) is 0 Å². The number of nitrogens with zero attached hydrogens (tertiary/aromatic N) is 1. The maximum Gasteiger partial charge on any atom is 0.269 e. The Balaban J connectivity index is 1.73. The van der Waals surface area contributed by atoms with Gasteiger partial charge >= 0.3 is 0 Å². The van der Waals surface area contributed by atoms with Crippen molar-refractivity contribution in [2.24, 2.45) is 5.92 Å². The van der Waals surface area contributed by atoms with E-state index in [1.807, 2.05) is 19.1 Å². The number of hydrogen-bond donors (Lipinski definition) is 0. The van der Waals surface area contributed by atoms with Crippen LogP contribution in [0.2, 0.25) is 0 Å². The molecule has 0 aliphatic heterocycles. The molecular formula is C28H22NO3P. The van der Waals surface area contributed by atoms with Crippen molar-refractivity contribution in [2.75, 3.05) is 0 Å². The molecule has 1 unspecified atom stereocenters. The Kier molecular flexibility index (Phi) is 5.62. The zero-order chi connectivity index (χ0) is 22.9. The molecule has 0 aromatic heterocycles. The van der Waals surface area contributed by atoms with E-state index in [0.29, 0.717) is 0 Å². The smallest absolute Gasteiger partial charge is 0.269 e. The van der Waals surface area contributed by atoms with Crippen LogP contribution in [-0.4, -0.2) is 10.7 Å². The average molecular weight is 451 g/mol. The van der Waals surface area contributed by atoms with Crippen molar-refractivity contribution in [1.29, 1.82) is 0 Å². The number of ketones is 1. The first-order chi connectivity index (χ1) is 16.0. The Morgan fingerprint density at radius 1 is 0.818 bits per heavy atom. The predicted molar refractivity (Wildman–Crippen MR) is 134 cm³/mol. The molecule has 4 aromatic carbocycles. The molecule has 1 aliphatic rings. The molecule has 0 saturated heterocycles. The maximum atomic E-state index is 13.1. The second-order valence-electron chi connectivity index (χ2n) is 8.31. The lowest BCUT2D eigenvalue weighted by atomic mass is 9.96. The fourth-order valence-electron chi connectivity index (χ4n) is 4.53. The number of rotatable bonds is 5. The zero-order valence-electron chi connectivity index (χ0n) is 18.1. The number of carbonyl (C=O) groups excluding carboxylic acids is 1. The quantitative estimate of drug-likeness (QED) is 0.232. The Morgan fingerprint density at radius 3 is 1.94 bits per heavy atom. The third-order valence-corrected chi connectivity index (χ3v) is 8.50. The summed E-state index contributed by atoms with van der Waals surface area (Å²) in [6.45, 7) is 1.97. The second kappa shape index (κ2) is 8.73. The molecule has 1 atom stereocenters. The van der Waals surface area contributed by atoms with Crippen molar-refractivity contribution < 1.29 is 9.72 Å². The molecule has 0 heterocycles. The highest BCUT2D eigenvalue weighted by Gasteiger charge is 2.32. The molecule has 4 nitrogen and oxygen atoms in total. The molecule has 0 saturated carbocycles. The maximum absolute atomic E-state index is 13.1. The van der Waals surface area contributed by atoms with E-state index in [-0.39, 0.29) is 17.4 Å². The lowest BCUT2D eigenvalue weighted by Crippen LogP contribution is -2.21. The third kappa shape index (κ3) is 3.99. The van der Waals surface area contributed by atoms with Gasteiger partial charge in [0.1, 0.15) is 0 Å². The molecule has 0 bridgehead atoms. The van der Waals surface area contributed by atoms with Gasteiger partial charge in [0.05, 0.1) is 4.92 Å². The topological polar surface area (TPSA) is 60.2 Å². The minimum absolute atomic E-state index is 0.0436. The van der Waals surface area contributed by atoms with Gasteiger partial charge in [-0.25, -0.2) is 0 Å². The van der Waals surface area contributed by atoms with Crippen LogP contribution in [0.4, 0.5) is 5.69 Å². The van der Waals surface area contributed by atoms with Crippen LogP contribution in [-0.2, 0) is 6.42 Å². The first kappa shape index (κ1) is 21.2. The van der Waals surface area contributed by atoms with Crippen LogP contribution in [0.25, 0.3) is 11.1 Å². The Labute approximate surface area is 193 Å². The molecule has 0 amide bonds. The number of hydrogen-bond acceptors (Lipinski definition) is 3. The summed E-state index contributed by atoms with van der Waals surface area (Å²) in [4.78, 5) is 23.8. The minimum Gasteiger partial charge on any atom is -0.294 e. The highest BCUT2D eigenvalue weighted by atomic mass is 31.1. The number of benzene rings is 4. The normalized spacial score (nSPS) is 15.0. The Hall–Kier alpha value is -3.62. The number of nitro groups is 1. The van der Waals surface area contributed by atoms with Gasteiger partial charge in [-0.05, 0) is 71.2 Å². The number of Topliss-reactive ketones (excluding diaryl/α,β-unsaturated/α-hetero) is 1. The molecular weight excluding hydrogens is 429 g/mol. The SMILES string of the molecule is CC1Cc2cc(P(c3ccccc3)c3ccccc3)cc(-c3ccc([N+](=O)[O-])cc3)c2C1=O. The van der Waals surface area contributed by atoms with Gasteiger partial charge in [0.15, 0.2) is 5.78 Å². The molecule has 5 heteroatoms. The van der Waals surface area contributed by atoms with Crippen LogP contribution in [0, 0.1) is 16.0 Å². The van der Waals surface area contributed by atoms with Crippen LogP contribution in [0.15, 0.2) is 97.1 Å². The van der Waals surface area contributed by atoms with E-state index in [1.54, 1.807) is 12.1 Å². The van der Waals surface area contributed by atoms with Crippen molar-refractivity contribution >= 4 is 35.3 Å². The van der Waals surface area contributed by atoms with Gasteiger partial charge in [-0.1, -0.05) is 67.6 Å². The summed E-state index contributed by atoms with van der Waals surface area (Å²) in [6, 6.07) is 31.8. The van der Waals surface area contributed by atoms with E-state index < -0.39 is 12.8 Å². The van der Waals surface area contributed by atoms with E-state index in [2.05, 4.69) is 60.7 Å². The lowest BCUT2D eigenvalue weighted by Gasteiger charge is -2.21. The number of nitro benzene ring substituents is 1. The van der Waals surface area contributed by atoms with Gasteiger partial charge in [0.25, 0.3) is 5.69 Å². The number of non-ortho nitro benzene ring substituents is 1. The molecule has 4 aromatic rings. The zero-order valence-corrected chi connectivity index (χ0v) is 19.0. The van der Waals surface area contributed by atoms with Crippen molar-refractivity contribution in [1.82, 2.24) is 0 Å². The summed E-state index contributed by atoms with van der Waals surface area (Å²) in [7, 11) is -0.824. The molecule has 0 N–H and O–H groups in total. The van der Waals surface area contributed by atoms with Crippen molar-refractivity contribution in [3.05, 3.63) is 118 Å². The van der Waals surface area contributed by atoms with Gasteiger partial charge in [-0.15, -0.1) is 0 Å². The molecule has 5 rings (SSSR count). The highest BCUT2D eigenvalue weighted by Crippen LogP contribution is 2.40. The van der Waals surface area contributed by atoms with Gasteiger partial charge in [0, 0.05) is 23.6 Å². The predicted octanol–water partition coefficient (Wildman–Crippen LogP) is 5.39. The summed E-state index contributed by atoms with van der Waals surface area (Å²) in [5.74, 6) is 0.0837. The summed E-state index contributed by atoms with van der Waals surface area (Å²) < 4.78 is 0. The first-order valence-corrected chi connectivity index (χ1v) is 12.2. The largest absolute Gasteiger partial charge is 0.294 e. The van der Waals surface area contributed by atoms with Gasteiger partial charge < -0.3 is 0 Å². The van der Waals surface area contributed by atoms with Crippen molar-refractivity contribution in [2.45, 2.75) is 13.3 Å². The molecule has 33 heavy (non-hydrogen) atoms. The second-order valence-corrected chi connectivity index (χ2v) is 10.5. The van der Waals surface area contributed by atoms with Gasteiger partial charge in [-0.2, -0.15) is 0 Å². The molecule has 0 radical (unpaired) electrons. The number of fused-ring (bicyclic) bond motifs is 1. The van der Waals surface area contributed by atoms with E-state index in [9.17, 15) is 14.9 Å². The highest BCUT2D eigenvalue weighted by molar-refractivity contribution is 7.79. The summed E-state index contributed by atoms with van der Waals surface area (Å²) in [6.07, 6.45) is 0.717. The van der Waals surface area contributed by atoms with Crippen LogP contribution in [0.1, 0.15) is 22.8 Å². The van der Waals surface area contributed by atoms with Gasteiger partial charge in [0.2, 0.25) is 0 Å². The van der Waals surface area contributed by atoms with Crippen molar-refractivity contribution in [3.8, 4) is 11.1 Å². The van der Waals surface area contributed by atoms with E-state index >= 15 is 0 Å².